The number of thioether (sulfide) groups is 1. The fourth-order valence-electron chi connectivity index (χ4n) is 3.16. The van der Waals surface area contributed by atoms with E-state index in [1.54, 1.807) is 35.2 Å². The van der Waals surface area contributed by atoms with E-state index in [1.807, 2.05) is 42.5 Å². The van der Waals surface area contributed by atoms with Crippen LogP contribution in [-0.2, 0) is 16.0 Å². The van der Waals surface area contributed by atoms with Crippen LogP contribution in [0.2, 0.25) is 0 Å². The van der Waals surface area contributed by atoms with Gasteiger partial charge in [-0.3, -0.25) is 14.3 Å². The van der Waals surface area contributed by atoms with Crippen molar-refractivity contribution in [3.63, 3.8) is 0 Å². The van der Waals surface area contributed by atoms with Crippen molar-refractivity contribution in [1.29, 1.82) is 0 Å². The summed E-state index contributed by atoms with van der Waals surface area (Å²) in [6.07, 6.45) is 5.05. The van der Waals surface area contributed by atoms with Gasteiger partial charge in [-0.1, -0.05) is 48.2 Å². The van der Waals surface area contributed by atoms with Crippen molar-refractivity contribution in [1.82, 2.24) is 19.7 Å². The predicted molar refractivity (Wildman–Crippen MR) is 121 cm³/mol. The number of carbonyl (C=O) groups excluding carboxylic acids is 1. The highest BCUT2D eigenvalue weighted by molar-refractivity contribution is 7.99. The van der Waals surface area contributed by atoms with Crippen molar-refractivity contribution in [2.75, 3.05) is 12.4 Å². The van der Waals surface area contributed by atoms with E-state index >= 15 is 0 Å². The molecule has 0 aliphatic carbocycles. The van der Waals surface area contributed by atoms with E-state index in [-0.39, 0.29) is 17.5 Å². The molecule has 0 fully saturated rings. The Balaban J connectivity index is 1.42. The second-order valence-corrected chi connectivity index (χ2v) is 7.87. The van der Waals surface area contributed by atoms with E-state index < -0.39 is 0 Å². The summed E-state index contributed by atoms with van der Waals surface area (Å²) >= 11 is 1.21. The Hall–Kier alpha value is -3.52. The summed E-state index contributed by atoms with van der Waals surface area (Å²) in [7, 11) is 0. The highest BCUT2D eigenvalue weighted by atomic mass is 32.2. The number of hydrogen-bond donors (Lipinski definition) is 0. The van der Waals surface area contributed by atoms with E-state index in [9.17, 15) is 9.18 Å². The maximum Gasteiger partial charge on any atom is 0.316 e. The van der Waals surface area contributed by atoms with Gasteiger partial charge in [0.15, 0.2) is 11.0 Å². The van der Waals surface area contributed by atoms with E-state index in [4.69, 9.17) is 4.74 Å². The molecule has 2 heterocycles. The first kappa shape index (κ1) is 21.7. The molecule has 0 saturated carbocycles. The highest BCUT2D eigenvalue weighted by Gasteiger charge is 2.19. The minimum atomic E-state index is -0.387. The lowest BCUT2D eigenvalue weighted by atomic mass is 10.2. The molecular formula is C24H21FN4O2S. The molecule has 0 aliphatic heterocycles. The maximum absolute atomic E-state index is 14.4. The maximum atomic E-state index is 14.4. The molecule has 32 heavy (non-hydrogen) atoms. The number of pyridine rings is 1. The summed E-state index contributed by atoms with van der Waals surface area (Å²) in [4.78, 5) is 16.3. The molecule has 0 radical (unpaired) electrons. The van der Waals surface area contributed by atoms with Gasteiger partial charge in [0, 0.05) is 18.1 Å². The molecule has 2 aromatic heterocycles. The largest absolute Gasteiger partial charge is 0.465 e. The van der Waals surface area contributed by atoms with Crippen LogP contribution in [0.15, 0.2) is 84.3 Å². The van der Waals surface area contributed by atoms with Crippen LogP contribution in [0.25, 0.3) is 17.1 Å². The average Bonchev–Trinajstić information content (AvgIpc) is 3.26. The lowest BCUT2D eigenvalue weighted by Gasteiger charge is -2.10. The van der Waals surface area contributed by atoms with Crippen LogP contribution < -0.4 is 0 Å². The van der Waals surface area contributed by atoms with E-state index in [2.05, 4.69) is 15.2 Å². The van der Waals surface area contributed by atoms with Crippen LogP contribution in [0, 0.1) is 5.82 Å². The van der Waals surface area contributed by atoms with Gasteiger partial charge in [-0.25, -0.2) is 4.39 Å². The summed E-state index contributed by atoms with van der Waals surface area (Å²) in [6, 6.07) is 19.7. The molecule has 0 spiro atoms. The zero-order valence-corrected chi connectivity index (χ0v) is 18.0. The van der Waals surface area contributed by atoms with Crippen molar-refractivity contribution in [2.24, 2.45) is 0 Å². The molecule has 0 amide bonds. The first-order chi connectivity index (χ1) is 15.7. The van der Waals surface area contributed by atoms with Crippen LogP contribution in [0.4, 0.5) is 4.39 Å². The third-order valence-electron chi connectivity index (χ3n) is 4.68. The smallest absolute Gasteiger partial charge is 0.316 e. The number of esters is 1. The van der Waals surface area contributed by atoms with Gasteiger partial charge in [-0.15, -0.1) is 10.2 Å². The first-order valence-electron chi connectivity index (χ1n) is 10.2. The van der Waals surface area contributed by atoms with Crippen molar-refractivity contribution < 1.29 is 13.9 Å². The second kappa shape index (κ2) is 10.7. The van der Waals surface area contributed by atoms with Crippen molar-refractivity contribution in [3.05, 3.63) is 90.5 Å². The molecule has 0 N–H and O–H groups in total. The number of rotatable bonds is 9. The summed E-state index contributed by atoms with van der Waals surface area (Å²) in [5.41, 5.74) is 2.23. The molecule has 4 rings (SSSR count). The molecule has 0 unspecified atom stereocenters. The second-order valence-electron chi connectivity index (χ2n) is 6.93. The monoisotopic (exact) mass is 448 g/mol. The normalized spacial score (nSPS) is 10.8. The summed E-state index contributed by atoms with van der Waals surface area (Å²) in [5.74, 6) is -0.269. The number of carbonyl (C=O) groups is 1. The number of nitrogens with zero attached hydrogens (tertiary/aromatic N) is 4. The molecule has 0 saturated heterocycles. The fraction of sp³-hybridized carbons (Fsp3) is 0.167. The van der Waals surface area contributed by atoms with Crippen LogP contribution in [-0.4, -0.2) is 38.1 Å². The van der Waals surface area contributed by atoms with E-state index in [0.29, 0.717) is 23.2 Å². The summed E-state index contributed by atoms with van der Waals surface area (Å²) in [5, 5.41) is 8.91. The number of aromatic nitrogens is 4. The third-order valence-corrected chi connectivity index (χ3v) is 5.58. The number of hydrogen-bond acceptors (Lipinski definition) is 6. The molecule has 4 aromatic rings. The van der Waals surface area contributed by atoms with Crippen LogP contribution >= 0.6 is 11.8 Å². The number of aryl methyl sites for hydroxylation is 1. The molecule has 0 aliphatic rings. The molecule has 162 valence electrons. The van der Waals surface area contributed by atoms with Crippen molar-refractivity contribution in [3.8, 4) is 17.1 Å². The Labute approximate surface area is 189 Å². The lowest BCUT2D eigenvalue weighted by Crippen LogP contribution is -2.10. The highest BCUT2D eigenvalue weighted by Crippen LogP contribution is 2.29. The van der Waals surface area contributed by atoms with Gasteiger partial charge in [0.2, 0.25) is 0 Å². The van der Waals surface area contributed by atoms with E-state index in [1.165, 1.54) is 17.8 Å². The minimum absolute atomic E-state index is 0.0785. The standard InChI is InChI=1S/C24H21FN4O2S/c25-21-13-5-4-12-20(21)23-27-28-24(29(23)19-10-2-1-3-11-19)32-17-22(30)31-15-7-9-18-8-6-14-26-16-18/h1-6,8,10-14,16H,7,9,15,17H2. The lowest BCUT2D eigenvalue weighted by molar-refractivity contribution is -0.140. The van der Waals surface area contributed by atoms with Crippen LogP contribution in [0.5, 0.6) is 0 Å². The van der Waals surface area contributed by atoms with Gasteiger partial charge in [0.1, 0.15) is 5.82 Å². The third kappa shape index (κ3) is 5.39. The van der Waals surface area contributed by atoms with Gasteiger partial charge in [-0.2, -0.15) is 0 Å². The predicted octanol–water partition coefficient (Wildman–Crippen LogP) is 4.74. The molecule has 2 aromatic carbocycles. The summed E-state index contributed by atoms with van der Waals surface area (Å²) < 4.78 is 21.5. The summed E-state index contributed by atoms with van der Waals surface area (Å²) in [6.45, 7) is 0.333. The molecule has 0 atom stereocenters. The number of halogens is 1. The topological polar surface area (TPSA) is 69.9 Å². The molecule has 6 nitrogen and oxygen atoms in total. The Bertz CT molecular complexity index is 1170. The van der Waals surface area contributed by atoms with Crippen molar-refractivity contribution in [2.45, 2.75) is 18.0 Å². The van der Waals surface area contributed by atoms with Gasteiger partial charge < -0.3 is 4.74 Å². The molecule has 0 bridgehead atoms. The van der Waals surface area contributed by atoms with E-state index in [0.717, 1.165) is 24.1 Å². The zero-order valence-electron chi connectivity index (χ0n) is 17.2. The zero-order chi connectivity index (χ0) is 22.2. The molecule has 8 heteroatoms. The Morgan fingerprint density at radius 2 is 1.81 bits per heavy atom. The van der Waals surface area contributed by atoms with Gasteiger partial charge in [0.25, 0.3) is 0 Å². The Kier molecular flexibility index (Phi) is 7.24. The first-order valence-corrected chi connectivity index (χ1v) is 11.1. The average molecular weight is 449 g/mol. The Morgan fingerprint density at radius 1 is 1.00 bits per heavy atom. The quantitative estimate of drug-likeness (QED) is 0.209. The minimum Gasteiger partial charge on any atom is -0.465 e. The fourth-order valence-corrected chi connectivity index (χ4v) is 3.91. The molecular weight excluding hydrogens is 427 g/mol. The SMILES string of the molecule is O=C(CSc1nnc(-c2ccccc2F)n1-c1ccccc1)OCCCc1cccnc1. The van der Waals surface area contributed by atoms with Crippen LogP contribution in [0.3, 0.4) is 0 Å². The van der Waals surface area contributed by atoms with Crippen LogP contribution in [0.1, 0.15) is 12.0 Å². The van der Waals surface area contributed by atoms with Gasteiger partial charge >= 0.3 is 5.97 Å². The van der Waals surface area contributed by atoms with Gasteiger partial charge in [-0.05, 0) is 48.7 Å². The number of ether oxygens (including phenoxy) is 1. The van der Waals surface area contributed by atoms with Crippen molar-refractivity contribution >= 4 is 17.7 Å². The number of para-hydroxylation sites is 1. The number of benzene rings is 2. The Morgan fingerprint density at radius 3 is 2.59 bits per heavy atom. The van der Waals surface area contributed by atoms with Gasteiger partial charge in [0.05, 0.1) is 17.9 Å².